The van der Waals surface area contributed by atoms with Crippen LogP contribution in [0.5, 0.6) is 0 Å². The molecule has 0 saturated heterocycles. The van der Waals surface area contributed by atoms with Gasteiger partial charge in [0.05, 0.1) is 10.9 Å². The van der Waals surface area contributed by atoms with Gasteiger partial charge in [0.1, 0.15) is 0 Å². The Hall–Kier alpha value is -2.62. The summed E-state index contributed by atoms with van der Waals surface area (Å²) in [6.07, 6.45) is 0.650. The zero-order chi connectivity index (χ0) is 13.2. The number of para-hydroxylation sites is 1. The maximum absolute atomic E-state index is 11.6. The summed E-state index contributed by atoms with van der Waals surface area (Å²) in [5.74, 6) is -0.724. The Morgan fingerprint density at radius 2 is 1.74 bits per heavy atom. The zero-order valence-electron chi connectivity index (χ0n) is 10.1. The second kappa shape index (κ2) is 4.57. The standard InChI is InChI=1S/C15H11NO3/c17-14-12-8-4-7-11(13(12)16-15(18)19-14)9-10-5-2-1-3-6-10/h1-8H,9H2,(H,16,18). The molecule has 94 valence electrons. The van der Waals surface area contributed by atoms with Crippen LogP contribution in [-0.4, -0.2) is 4.98 Å². The summed E-state index contributed by atoms with van der Waals surface area (Å²) >= 11 is 0. The van der Waals surface area contributed by atoms with E-state index in [9.17, 15) is 9.59 Å². The molecule has 0 aliphatic rings. The van der Waals surface area contributed by atoms with Gasteiger partial charge in [-0.05, 0) is 23.6 Å². The number of nitrogens with one attached hydrogen (secondary N) is 1. The van der Waals surface area contributed by atoms with E-state index in [1.165, 1.54) is 0 Å². The summed E-state index contributed by atoms with van der Waals surface area (Å²) in [5, 5.41) is 0.396. The quantitative estimate of drug-likeness (QED) is 0.760. The van der Waals surface area contributed by atoms with Crippen LogP contribution in [0.2, 0.25) is 0 Å². The van der Waals surface area contributed by atoms with Gasteiger partial charge in [-0.25, -0.2) is 9.59 Å². The second-order valence-electron chi connectivity index (χ2n) is 4.30. The van der Waals surface area contributed by atoms with Crippen molar-refractivity contribution in [2.24, 2.45) is 0 Å². The third kappa shape index (κ3) is 2.20. The summed E-state index contributed by atoms with van der Waals surface area (Å²) in [4.78, 5) is 25.5. The molecule has 0 fully saturated rings. The Morgan fingerprint density at radius 3 is 2.53 bits per heavy atom. The monoisotopic (exact) mass is 253 g/mol. The highest BCUT2D eigenvalue weighted by Gasteiger charge is 2.07. The summed E-state index contributed by atoms with van der Waals surface area (Å²) in [5.41, 5.74) is 1.96. The normalized spacial score (nSPS) is 10.7. The molecular formula is C15H11NO3. The zero-order valence-corrected chi connectivity index (χ0v) is 10.1. The fourth-order valence-corrected chi connectivity index (χ4v) is 2.15. The highest BCUT2D eigenvalue weighted by atomic mass is 16.4. The Balaban J connectivity index is 2.19. The van der Waals surface area contributed by atoms with Crippen molar-refractivity contribution >= 4 is 10.9 Å². The Labute approximate surface area is 108 Å². The van der Waals surface area contributed by atoms with Gasteiger partial charge < -0.3 is 4.42 Å². The highest BCUT2D eigenvalue weighted by Crippen LogP contribution is 2.16. The van der Waals surface area contributed by atoms with Crippen LogP contribution in [0, 0.1) is 0 Å². The van der Waals surface area contributed by atoms with E-state index in [2.05, 4.69) is 9.40 Å². The molecule has 0 unspecified atom stereocenters. The lowest BCUT2D eigenvalue weighted by atomic mass is 10.0. The maximum atomic E-state index is 11.6. The van der Waals surface area contributed by atoms with Crippen molar-refractivity contribution in [1.29, 1.82) is 0 Å². The molecule has 3 aromatic rings. The number of benzene rings is 2. The summed E-state index contributed by atoms with van der Waals surface area (Å²) in [7, 11) is 0. The van der Waals surface area contributed by atoms with Crippen LogP contribution >= 0.6 is 0 Å². The van der Waals surface area contributed by atoms with Crippen molar-refractivity contribution in [2.45, 2.75) is 6.42 Å². The molecule has 4 nitrogen and oxygen atoms in total. The summed E-state index contributed by atoms with van der Waals surface area (Å²) in [6, 6.07) is 15.2. The van der Waals surface area contributed by atoms with Crippen LogP contribution in [0.4, 0.5) is 0 Å². The van der Waals surface area contributed by atoms with Gasteiger partial charge in [0.2, 0.25) is 0 Å². The Bertz CT molecular complexity index is 831. The van der Waals surface area contributed by atoms with E-state index in [1.54, 1.807) is 12.1 Å². The lowest BCUT2D eigenvalue weighted by molar-refractivity contribution is 0.460. The molecule has 0 atom stereocenters. The SMILES string of the molecule is O=c1[nH]c2c(Cc3ccccc3)cccc2c(=O)o1. The molecule has 2 aromatic carbocycles. The number of rotatable bonds is 2. The summed E-state index contributed by atoms with van der Waals surface area (Å²) in [6.45, 7) is 0. The molecule has 4 heteroatoms. The number of hydrogen-bond donors (Lipinski definition) is 1. The van der Waals surface area contributed by atoms with E-state index < -0.39 is 11.4 Å². The Morgan fingerprint density at radius 1 is 0.947 bits per heavy atom. The molecule has 0 bridgehead atoms. The van der Waals surface area contributed by atoms with Gasteiger partial charge in [-0.2, -0.15) is 0 Å². The minimum absolute atomic E-state index is 0.396. The van der Waals surface area contributed by atoms with Crippen molar-refractivity contribution in [2.75, 3.05) is 0 Å². The van der Waals surface area contributed by atoms with Gasteiger partial charge >= 0.3 is 11.4 Å². The first-order chi connectivity index (χ1) is 9.24. The molecule has 0 aliphatic heterocycles. The third-order valence-electron chi connectivity index (χ3n) is 3.02. The molecule has 0 amide bonds. The van der Waals surface area contributed by atoms with Gasteiger partial charge in [-0.15, -0.1) is 0 Å². The van der Waals surface area contributed by atoms with Crippen LogP contribution in [-0.2, 0) is 6.42 Å². The maximum Gasteiger partial charge on any atom is 0.419 e. The molecule has 1 heterocycles. The first kappa shape index (κ1) is 11.5. The predicted molar refractivity (Wildman–Crippen MR) is 72.4 cm³/mol. The highest BCUT2D eigenvalue weighted by molar-refractivity contribution is 5.80. The number of hydrogen-bond acceptors (Lipinski definition) is 3. The van der Waals surface area contributed by atoms with E-state index in [0.29, 0.717) is 17.3 Å². The van der Waals surface area contributed by atoms with E-state index in [4.69, 9.17) is 0 Å². The summed E-state index contributed by atoms with van der Waals surface area (Å²) < 4.78 is 4.53. The van der Waals surface area contributed by atoms with Crippen LogP contribution in [0.3, 0.4) is 0 Å². The van der Waals surface area contributed by atoms with Gasteiger partial charge in [-0.3, -0.25) is 4.98 Å². The molecule has 0 aliphatic carbocycles. The second-order valence-corrected chi connectivity index (χ2v) is 4.30. The fourth-order valence-electron chi connectivity index (χ4n) is 2.15. The number of H-pyrrole nitrogens is 1. The molecule has 0 spiro atoms. The largest absolute Gasteiger partial charge is 0.419 e. The number of aromatic nitrogens is 1. The minimum Gasteiger partial charge on any atom is -0.372 e. The van der Waals surface area contributed by atoms with Gasteiger partial charge in [0.25, 0.3) is 0 Å². The lowest BCUT2D eigenvalue weighted by Crippen LogP contribution is -2.15. The molecule has 19 heavy (non-hydrogen) atoms. The van der Waals surface area contributed by atoms with Gasteiger partial charge in [0.15, 0.2) is 0 Å². The minimum atomic E-state index is -0.724. The Kier molecular flexibility index (Phi) is 2.76. The molecule has 1 aromatic heterocycles. The number of aromatic amines is 1. The lowest BCUT2D eigenvalue weighted by Gasteiger charge is -2.05. The fraction of sp³-hybridized carbons (Fsp3) is 0.0667. The van der Waals surface area contributed by atoms with Crippen LogP contribution in [0.25, 0.3) is 10.9 Å². The average molecular weight is 253 g/mol. The van der Waals surface area contributed by atoms with Crippen molar-refractivity contribution in [3.8, 4) is 0 Å². The van der Waals surface area contributed by atoms with Crippen molar-refractivity contribution in [1.82, 2.24) is 4.98 Å². The first-order valence-electron chi connectivity index (χ1n) is 5.93. The molecule has 3 rings (SSSR count). The number of fused-ring (bicyclic) bond motifs is 1. The van der Waals surface area contributed by atoms with Crippen molar-refractivity contribution in [3.63, 3.8) is 0 Å². The van der Waals surface area contributed by atoms with Crippen molar-refractivity contribution in [3.05, 3.63) is 80.6 Å². The van der Waals surface area contributed by atoms with E-state index in [1.807, 2.05) is 36.4 Å². The molecule has 0 radical (unpaired) electrons. The molecule has 0 saturated carbocycles. The topological polar surface area (TPSA) is 63.1 Å². The molecule has 1 N–H and O–H groups in total. The smallest absolute Gasteiger partial charge is 0.372 e. The van der Waals surface area contributed by atoms with Crippen LogP contribution in [0.15, 0.2) is 62.5 Å². The molecular weight excluding hydrogens is 242 g/mol. The van der Waals surface area contributed by atoms with Crippen LogP contribution in [0.1, 0.15) is 11.1 Å². The van der Waals surface area contributed by atoms with Crippen LogP contribution < -0.4 is 11.4 Å². The first-order valence-corrected chi connectivity index (χ1v) is 5.93. The van der Waals surface area contributed by atoms with Gasteiger partial charge in [0, 0.05) is 0 Å². The van der Waals surface area contributed by atoms with E-state index >= 15 is 0 Å². The average Bonchev–Trinajstić information content (AvgIpc) is 2.41. The van der Waals surface area contributed by atoms with Crippen molar-refractivity contribution < 1.29 is 4.42 Å². The third-order valence-corrected chi connectivity index (χ3v) is 3.02. The predicted octanol–water partition coefficient (Wildman–Crippen LogP) is 2.07. The van der Waals surface area contributed by atoms with E-state index in [-0.39, 0.29) is 0 Å². The van der Waals surface area contributed by atoms with Gasteiger partial charge in [-0.1, -0.05) is 42.5 Å². The van der Waals surface area contributed by atoms with E-state index in [0.717, 1.165) is 11.1 Å².